The third-order valence-electron chi connectivity index (χ3n) is 4.07. The van der Waals surface area contributed by atoms with Crippen LogP contribution in [0.15, 0.2) is 52.7 Å². The van der Waals surface area contributed by atoms with E-state index in [4.69, 9.17) is 0 Å². The van der Waals surface area contributed by atoms with Gasteiger partial charge >= 0.3 is 5.97 Å². The molecule has 0 aliphatic rings. The maximum Gasteiger partial charge on any atom is 0.346 e. The van der Waals surface area contributed by atoms with Crippen LogP contribution >= 0.6 is 23.1 Å². The maximum absolute atomic E-state index is 11.7. The van der Waals surface area contributed by atoms with Crippen LogP contribution in [0.4, 0.5) is 5.69 Å². The predicted molar refractivity (Wildman–Crippen MR) is 117 cm³/mol. The summed E-state index contributed by atoms with van der Waals surface area (Å²) in [5, 5.41) is 19.1. The van der Waals surface area contributed by atoms with Gasteiger partial charge in [0.15, 0.2) is 0 Å². The Morgan fingerprint density at radius 2 is 1.76 bits per heavy atom. The van der Waals surface area contributed by atoms with Crippen molar-refractivity contribution in [2.45, 2.75) is 4.21 Å². The first-order valence-corrected chi connectivity index (χ1v) is 12.2. The standard InChI is InChI=1S/C20H16N2O4S3/c1-27-20-15(11-21)17(18(28-20)19(23)24)13-9-7-12(8-10-13)14-5-3-4-6-16(14)22-29(2,25)26/h3-10,22H,1-2H3,(H,23,24). The molecule has 6 nitrogen and oxygen atoms in total. The molecule has 2 aromatic carbocycles. The molecule has 3 aromatic rings. The molecule has 29 heavy (non-hydrogen) atoms. The minimum absolute atomic E-state index is 0.123. The minimum atomic E-state index is -3.44. The van der Waals surface area contributed by atoms with Crippen molar-refractivity contribution in [3.05, 3.63) is 59.0 Å². The normalized spacial score (nSPS) is 11.1. The molecule has 0 fully saturated rings. The summed E-state index contributed by atoms with van der Waals surface area (Å²) in [6, 6.07) is 16.2. The Balaban J connectivity index is 2.09. The van der Waals surface area contributed by atoms with Gasteiger partial charge in [-0.3, -0.25) is 4.72 Å². The predicted octanol–water partition coefficient (Wildman–Crippen LogP) is 4.75. The highest BCUT2D eigenvalue weighted by atomic mass is 32.2. The molecule has 0 saturated heterocycles. The van der Waals surface area contributed by atoms with Crippen molar-refractivity contribution < 1.29 is 18.3 Å². The van der Waals surface area contributed by atoms with Crippen molar-refractivity contribution >= 4 is 44.8 Å². The van der Waals surface area contributed by atoms with Gasteiger partial charge in [-0.05, 0) is 23.4 Å². The first-order chi connectivity index (χ1) is 13.7. The zero-order chi connectivity index (χ0) is 21.2. The number of nitrogens with one attached hydrogen (secondary N) is 1. The number of hydrogen-bond donors (Lipinski definition) is 2. The van der Waals surface area contributed by atoms with Crippen molar-refractivity contribution in [1.82, 2.24) is 0 Å². The number of rotatable bonds is 6. The molecule has 0 radical (unpaired) electrons. The van der Waals surface area contributed by atoms with Gasteiger partial charge in [0.05, 0.1) is 21.7 Å². The maximum atomic E-state index is 11.7. The number of carboxylic acid groups (broad SMARTS) is 1. The molecule has 0 aliphatic carbocycles. The molecule has 1 aromatic heterocycles. The number of aromatic carboxylic acids is 1. The Morgan fingerprint density at radius 1 is 1.14 bits per heavy atom. The largest absolute Gasteiger partial charge is 0.477 e. The van der Waals surface area contributed by atoms with Gasteiger partial charge in [0.25, 0.3) is 0 Å². The molecule has 148 valence electrons. The molecule has 0 bridgehead atoms. The first-order valence-electron chi connectivity index (χ1n) is 8.27. The van der Waals surface area contributed by atoms with Crippen molar-refractivity contribution in [3.63, 3.8) is 0 Å². The van der Waals surface area contributed by atoms with Gasteiger partial charge in [0, 0.05) is 11.1 Å². The van der Waals surface area contributed by atoms with Crippen LogP contribution < -0.4 is 4.72 Å². The number of benzene rings is 2. The monoisotopic (exact) mass is 444 g/mol. The van der Waals surface area contributed by atoms with Gasteiger partial charge in [-0.25, -0.2) is 13.2 Å². The smallest absolute Gasteiger partial charge is 0.346 e. The lowest BCUT2D eigenvalue weighted by Gasteiger charge is -2.11. The quantitative estimate of drug-likeness (QED) is 0.532. The van der Waals surface area contributed by atoms with E-state index in [2.05, 4.69) is 10.8 Å². The molecular weight excluding hydrogens is 428 g/mol. The number of hydrogen-bond acceptors (Lipinski definition) is 6. The lowest BCUT2D eigenvalue weighted by atomic mass is 9.98. The number of thiophene rings is 1. The summed E-state index contributed by atoms with van der Waals surface area (Å²) in [4.78, 5) is 11.8. The van der Waals surface area contributed by atoms with Crippen LogP contribution in [0.2, 0.25) is 0 Å². The fourth-order valence-corrected chi connectivity index (χ4v) is 5.28. The van der Waals surface area contributed by atoms with Gasteiger partial charge in [-0.2, -0.15) is 5.26 Å². The lowest BCUT2D eigenvalue weighted by molar-refractivity contribution is 0.0703. The Morgan fingerprint density at radius 3 is 2.31 bits per heavy atom. The third kappa shape index (κ3) is 4.45. The van der Waals surface area contributed by atoms with E-state index >= 15 is 0 Å². The summed E-state index contributed by atoms with van der Waals surface area (Å²) >= 11 is 2.43. The molecule has 0 aliphatic heterocycles. The molecule has 0 atom stereocenters. The highest BCUT2D eigenvalue weighted by Gasteiger charge is 2.23. The minimum Gasteiger partial charge on any atom is -0.477 e. The average Bonchev–Trinajstić information content (AvgIpc) is 3.06. The van der Waals surface area contributed by atoms with Gasteiger partial charge in [-0.15, -0.1) is 23.1 Å². The fraction of sp³-hybridized carbons (Fsp3) is 0.100. The zero-order valence-corrected chi connectivity index (χ0v) is 17.9. The van der Waals surface area contributed by atoms with Gasteiger partial charge in [0.2, 0.25) is 10.0 Å². The molecule has 9 heteroatoms. The number of nitriles is 1. The highest BCUT2D eigenvalue weighted by molar-refractivity contribution is 8.00. The van der Waals surface area contributed by atoms with Gasteiger partial charge < -0.3 is 5.11 Å². The van der Waals surface area contributed by atoms with Crippen molar-refractivity contribution in [2.75, 3.05) is 17.2 Å². The van der Waals surface area contributed by atoms with Crippen molar-refractivity contribution in [2.24, 2.45) is 0 Å². The molecule has 3 rings (SSSR count). The van der Waals surface area contributed by atoms with E-state index in [1.807, 2.05) is 0 Å². The van der Waals surface area contributed by atoms with Crippen LogP contribution in [0.25, 0.3) is 22.3 Å². The Hall–Kier alpha value is -2.80. The molecule has 0 saturated carbocycles. The Kier molecular flexibility index (Phi) is 5.98. The first kappa shape index (κ1) is 20.9. The Labute approximate surface area is 176 Å². The lowest BCUT2D eigenvalue weighted by Crippen LogP contribution is -2.10. The van der Waals surface area contributed by atoms with Crippen LogP contribution in [-0.2, 0) is 10.0 Å². The topological polar surface area (TPSA) is 107 Å². The highest BCUT2D eigenvalue weighted by Crippen LogP contribution is 2.41. The Bertz CT molecular complexity index is 1220. The molecule has 0 spiro atoms. The van der Waals surface area contributed by atoms with Crippen LogP contribution in [0.1, 0.15) is 15.2 Å². The number of para-hydroxylation sites is 1. The van der Waals surface area contributed by atoms with Gasteiger partial charge in [0.1, 0.15) is 10.9 Å². The second kappa shape index (κ2) is 8.29. The van der Waals surface area contributed by atoms with Crippen LogP contribution in [0.3, 0.4) is 0 Å². The summed E-state index contributed by atoms with van der Waals surface area (Å²) in [6.07, 6.45) is 2.89. The molecular formula is C20H16N2O4S3. The average molecular weight is 445 g/mol. The van der Waals surface area contributed by atoms with Crippen LogP contribution in [0, 0.1) is 11.3 Å². The molecule has 0 unspecified atom stereocenters. The van der Waals surface area contributed by atoms with E-state index in [9.17, 15) is 23.6 Å². The second-order valence-electron chi connectivity index (χ2n) is 6.09. The van der Waals surface area contributed by atoms with E-state index in [1.165, 1.54) is 11.8 Å². The molecule has 2 N–H and O–H groups in total. The van der Waals surface area contributed by atoms with E-state index in [0.717, 1.165) is 23.2 Å². The number of anilines is 1. The summed E-state index contributed by atoms with van der Waals surface area (Å²) in [6.45, 7) is 0. The van der Waals surface area contributed by atoms with Crippen LogP contribution in [0.5, 0.6) is 0 Å². The van der Waals surface area contributed by atoms with E-state index in [-0.39, 0.29) is 4.88 Å². The van der Waals surface area contributed by atoms with E-state index < -0.39 is 16.0 Å². The summed E-state index contributed by atoms with van der Waals surface area (Å²) < 4.78 is 26.4. The van der Waals surface area contributed by atoms with Crippen molar-refractivity contribution in [3.8, 4) is 28.3 Å². The third-order valence-corrected chi connectivity index (χ3v) is 6.96. The molecule has 0 amide bonds. The fourth-order valence-electron chi connectivity index (χ4n) is 2.92. The molecule has 1 heterocycles. The zero-order valence-electron chi connectivity index (χ0n) is 15.5. The summed E-state index contributed by atoms with van der Waals surface area (Å²) in [7, 11) is -3.44. The van der Waals surface area contributed by atoms with Gasteiger partial charge in [-0.1, -0.05) is 42.5 Å². The van der Waals surface area contributed by atoms with E-state index in [0.29, 0.717) is 32.2 Å². The number of carbonyl (C=O) groups is 1. The number of thioether (sulfide) groups is 1. The van der Waals surface area contributed by atoms with Crippen LogP contribution in [-0.4, -0.2) is 32.0 Å². The number of sulfonamides is 1. The number of carboxylic acids is 1. The number of nitrogens with zero attached hydrogens (tertiary/aromatic N) is 1. The SMILES string of the molecule is CSc1sc(C(=O)O)c(-c2ccc(-c3ccccc3NS(C)(=O)=O)cc2)c1C#N. The van der Waals surface area contributed by atoms with E-state index in [1.54, 1.807) is 54.8 Å². The summed E-state index contributed by atoms with van der Waals surface area (Å²) in [5.74, 6) is -1.08. The second-order valence-corrected chi connectivity index (χ2v) is 9.93. The summed E-state index contributed by atoms with van der Waals surface area (Å²) in [5.41, 5.74) is 3.28. The van der Waals surface area contributed by atoms with Crippen molar-refractivity contribution in [1.29, 1.82) is 5.26 Å².